The molecule has 502 valence electrons. The van der Waals surface area contributed by atoms with Crippen LogP contribution in [0.1, 0.15) is 52.7 Å². The summed E-state index contributed by atoms with van der Waals surface area (Å²) in [5.41, 5.74) is 30.8. The minimum absolute atomic E-state index is 0.254. The molecule has 0 N–H and O–H groups in total. The Morgan fingerprint density at radius 3 is 1.07 bits per heavy atom. The highest BCUT2D eigenvalue weighted by Gasteiger charge is 2.52. The SMILES string of the molecule is CC(C)(C)c1ccc2c(c1)N(c1c(-c3ccccc3)cc(-c3ccccc3)cc1-c1ccccc1)c1cc(C(C)(C)C)cc3c1B2c1c(cc2c4c1Oc1c(ccc5oc6ccccc6c15)B4c1ccc4oc5ccccc5c4c1O2)N3c1c(-c2ccccc2)cc(-c2ccccc2)cc1-c1ccccc1. The second-order valence-electron chi connectivity index (χ2n) is 30.9. The van der Waals surface area contributed by atoms with Gasteiger partial charge in [-0.1, -0.05) is 284 Å². The van der Waals surface area contributed by atoms with Crippen molar-refractivity contribution in [2.75, 3.05) is 9.80 Å². The third kappa shape index (κ3) is 9.46. The van der Waals surface area contributed by atoms with Crippen LogP contribution < -0.4 is 52.1 Å². The quantitative estimate of drug-likeness (QED) is 0.141. The molecule has 0 saturated carbocycles. The second kappa shape index (κ2) is 23.4. The van der Waals surface area contributed by atoms with E-state index in [4.69, 9.17) is 18.3 Å². The molecule has 0 radical (unpaired) electrons. The van der Waals surface area contributed by atoms with Crippen molar-refractivity contribution in [2.45, 2.75) is 52.4 Å². The number of hydrogen-bond donors (Lipinski definition) is 0. The topological polar surface area (TPSA) is 51.2 Å². The highest BCUT2D eigenvalue weighted by atomic mass is 16.5. The summed E-state index contributed by atoms with van der Waals surface area (Å²) in [4.78, 5) is 5.34. The van der Waals surface area contributed by atoms with Crippen LogP contribution in [0.25, 0.3) is 111 Å². The van der Waals surface area contributed by atoms with Gasteiger partial charge >= 0.3 is 0 Å². The lowest BCUT2D eigenvalue weighted by atomic mass is 9.30. The van der Waals surface area contributed by atoms with Crippen LogP contribution in [0.3, 0.4) is 0 Å². The molecule has 0 unspecified atom stereocenters. The van der Waals surface area contributed by atoms with Crippen molar-refractivity contribution in [3.63, 3.8) is 0 Å². The molecular formula is C98H70B2N2O4. The van der Waals surface area contributed by atoms with Gasteiger partial charge in [-0.3, -0.25) is 0 Å². The lowest BCUT2D eigenvalue weighted by Gasteiger charge is -2.48. The predicted molar refractivity (Wildman–Crippen MR) is 443 cm³/mol. The molecule has 6 nitrogen and oxygen atoms in total. The summed E-state index contributed by atoms with van der Waals surface area (Å²) in [7, 11) is 0. The van der Waals surface area contributed by atoms with E-state index < -0.39 is 6.71 Å². The molecule has 15 aromatic carbocycles. The first-order valence-corrected chi connectivity index (χ1v) is 36.9. The zero-order chi connectivity index (χ0) is 70.8. The van der Waals surface area contributed by atoms with Crippen LogP contribution in [0.15, 0.2) is 324 Å². The van der Waals surface area contributed by atoms with E-state index in [2.05, 4.69) is 361 Å². The van der Waals surface area contributed by atoms with Gasteiger partial charge in [-0.15, -0.1) is 0 Å². The molecule has 0 amide bonds. The van der Waals surface area contributed by atoms with Gasteiger partial charge in [0.1, 0.15) is 45.3 Å². The predicted octanol–water partition coefficient (Wildman–Crippen LogP) is 22.9. The summed E-state index contributed by atoms with van der Waals surface area (Å²) in [6.45, 7) is 13.3. The van der Waals surface area contributed by atoms with E-state index in [1.165, 1.54) is 11.1 Å². The number of anilines is 6. The molecule has 21 rings (SSSR count). The van der Waals surface area contributed by atoms with Crippen molar-refractivity contribution in [1.29, 1.82) is 0 Å². The van der Waals surface area contributed by atoms with E-state index in [0.717, 1.165) is 201 Å². The van der Waals surface area contributed by atoms with Gasteiger partial charge < -0.3 is 28.1 Å². The van der Waals surface area contributed by atoms with Gasteiger partial charge in [0.2, 0.25) is 0 Å². The average molecular weight is 1360 g/mol. The molecule has 8 heteroatoms. The summed E-state index contributed by atoms with van der Waals surface area (Å²) in [6, 6.07) is 116. The fraction of sp³-hybridized carbons (Fsp3) is 0.0816. The number of ether oxygens (including phenoxy) is 2. The Hall–Kier alpha value is -12.8. The molecule has 0 spiro atoms. The summed E-state index contributed by atoms with van der Waals surface area (Å²) in [5, 5.41) is 3.86. The number of benzene rings is 15. The summed E-state index contributed by atoms with van der Waals surface area (Å²) >= 11 is 0. The number of nitrogens with zero attached hydrogens (tertiary/aromatic N) is 2. The van der Waals surface area contributed by atoms with E-state index in [1.54, 1.807) is 0 Å². The number of furan rings is 2. The van der Waals surface area contributed by atoms with Crippen LogP contribution >= 0.6 is 0 Å². The molecule has 6 heterocycles. The van der Waals surface area contributed by atoms with Crippen LogP contribution in [0, 0.1) is 0 Å². The van der Waals surface area contributed by atoms with Crippen molar-refractivity contribution in [2.24, 2.45) is 0 Å². The van der Waals surface area contributed by atoms with Crippen molar-refractivity contribution in [3.05, 3.63) is 327 Å². The van der Waals surface area contributed by atoms with E-state index in [-0.39, 0.29) is 17.5 Å². The zero-order valence-electron chi connectivity index (χ0n) is 59.7. The molecule has 4 aliphatic heterocycles. The van der Waals surface area contributed by atoms with Crippen LogP contribution in [0.5, 0.6) is 23.0 Å². The fourth-order valence-corrected chi connectivity index (χ4v) is 17.6. The first kappa shape index (κ1) is 61.9. The molecule has 0 fully saturated rings. The minimum Gasteiger partial charge on any atom is -0.458 e. The Balaban J connectivity index is 0.969. The van der Waals surface area contributed by atoms with Crippen LogP contribution in [-0.4, -0.2) is 13.4 Å². The van der Waals surface area contributed by atoms with E-state index in [1.807, 2.05) is 6.07 Å². The fourth-order valence-electron chi connectivity index (χ4n) is 17.6. The van der Waals surface area contributed by atoms with Crippen molar-refractivity contribution >= 4 is 124 Å². The molecule has 0 atom stereocenters. The molecule has 2 aromatic heterocycles. The first-order chi connectivity index (χ1) is 51.9. The molecule has 4 aliphatic rings. The third-order valence-corrected chi connectivity index (χ3v) is 22.6. The number of fused-ring (bicyclic) bond motifs is 17. The van der Waals surface area contributed by atoms with Crippen molar-refractivity contribution in [3.8, 4) is 89.8 Å². The Kier molecular flexibility index (Phi) is 13.6. The number of para-hydroxylation sites is 2. The minimum atomic E-state index is -0.442. The Morgan fingerprint density at radius 1 is 0.264 bits per heavy atom. The van der Waals surface area contributed by atoms with Gasteiger partial charge in [-0.2, -0.15) is 0 Å². The normalized spacial score (nSPS) is 13.3. The van der Waals surface area contributed by atoms with Crippen LogP contribution in [-0.2, 0) is 10.8 Å². The van der Waals surface area contributed by atoms with Gasteiger partial charge in [-0.25, -0.2) is 0 Å². The van der Waals surface area contributed by atoms with Gasteiger partial charge in [0.25, 0.3) is 13.4 Å². The highest BCUT2D eigenvalue weighted by Crippen LogP contribution is 2.57. The van der Waals surface area contributed by atoms with E-state index >= 15 is 0 Å². The summed E-state index contributed by atoms with van der Waals surface area (Å²) in [6.07, 6.45) is 0. The number of hydrogen-bond acceptors (Lipinski definition) is 6. The molecule has 0 saturated heterocycles. The molecule has 106 heavy (non-hydrogen) atoms. The van der Waals surface area contributed by atoms with Crippen LogP contribution in [0.2, 0.25) is 0 Å². The lowest BCUT2D eigenvalue weighted by Crippen LogP contribution is -2.65. The van der Waals surface area contributed by atoms with Crippen LogP contribution in [0.4, 0.5) is 34.1 Å². The van der Waals surface area contributed by atoms with Crippen molar-refractivity contribution in [1.82, 2.24) is 0 Å². The maximum atomic E-state index is 8.35. The molecule has 0 bridgehead atoms. The zero-order valence-corrected chi connectivity index (χ0v) is 59.7. The van der Waals surface area contributed by atoms with Gasteiger partial charge in [0.05, 0.1) is 22.1 Å². The van der Waals surface area contributed by atoms with Gasteiger partial charge in [-0.05, 0) is 161 Å². The summed E-state index contributed by atoms with van der Waals surface area (Å²) in [5.74, 6) is 3.02. The number of rotatable bonds is 8. The van der Waals surface area contributed by atoms with Gasteiger partial charge in [0, 0.05) is 67.3 Å². The Morgan fingerprint density at radius 2 is 0.632 bits per heavy atom. The molecule has 17 aromatic rings. The smallest absolute Gasteiger partial charge is 0.260 e. The Bertz CT molecular complexity index is 6340. The standard InChI is InChI=1S/C98H70B2N2O4/c1-97(2,3)67-45-46-75-78(55-67)101(92-71(61-33-17-9-18-34-61)51-65(59-29-13-7-14-30-59)52-72(92)62-35-19-10-20-36-62)79-56-68(98(4,5)6)57-80-89(79)100(75)90-81(102(80)93-73(63-37-21-11-22-38-63)53-66(60-31-15-8-16-32-60)54-74(93)64-39-23-12-24-40-64)58-86-91-96(90)106-95-77(48-50-85-88(95)70-42-26-28-44-83(70)104-85)99(91)76-47-49-84-87(94(76)105-86)69-41-25-27-43-82(69)103-84/h7-58H,1-6H3. The maximum absolute atomic E-state index is 8.35. The lowest BCUT2D eigenvalue weighted by molar-refractivity contribution is 0.472. The second-order valence-corrected chi connectivity index (χ2v) is 30.9. The highest BCUT2D eigenvalue weighted by molar-refractivity contribution is 7.03. The Labute approximate surface area is 617 Å². The van der Waals surface area contributed by atoms with E-state index in [9.17, 15) is 0 Å². The third-order valence-electron chi connectivity index (χ3n) is 22.6. The first-order valence-electron chi connectivity index (χ1n) is 36.9. The average Bonchev–Trinajstić information content (AvgIpc) is 0.786. The van der Waals surface area contributed by atoms with Gasteiger partial charge in [0.15, 0.2) is 0 Å². The molecule has 0 aliphatic carbocycles. The van der Waals surface area contributed by atoms with E-state index in [0.29, 0.717) is 0 Å². The van der Waals surface area contributed by atoms with Crippen molar-refractivity contribution < 1.29 is 18.3 Å². The largest absolute Gasteiger partial charge is 0.458 e. The molecular weight excluding hydrogens is 1290 g/mol. The maximum Gasteiger partial charge on any atom is 0.260 e. The summed E-state index contributed by atoms with van der Waals surface area (Å²) < 4.78 is 30.0. The monoisotopic (exact) mass is 1360 g/mol.